The van der Waals surface area contributed by atoms with Gasteiger partial charge in [0, 0.05) is 28.8 Å². The number of carbonyl (C=O) groups excluding carboxylic acids is 1. The van der Waals surface area contributed by atoms with Crippen LogP contribution in [0.3, 0.4) is 0 Å². The zero-order valence-corrected chi connectivity index (χ0v) is 12.2. The van der Waals surface area contributed by atoms with Gasteiger partial charge in [0.15, 0.2) is 0 Å². The molecular formula is C16H14ClNO3. The van der Waals surface area contributed by atoms with Crippen molar-refractivity contribution in [3.8, 4) is 16.9 Å². The lowest BCUT2D eigenvalue weighted by Gasteiger charge is -2.13. The average molecular weight is 304 g/mol. The molecule has 1 amide bonds. The van der Waals surface area contributed by atoms with Crippen LogP contribution in [0.4, 0.5) is 4.79 Å². The minimum absolute atomic E-state index is 0.507. The molecule has 0 aromatic heterocycles. The Kier molecular flexibility index (Phi) is 3.71. The van der Waals surface area contributed by atoms with Crippen molar-refractivity contribution in [3.05, 3.63) is 53.1 Å². The SMILES string of the molecule is CNC(=O)OC1Cc2cccc(-c3ccccc3Cl)c2O1. The lowest BCUT2D eigenvalue weighted by molar-refractivity contribution is -0.0153. The number of amides is 1. The van der Waals surface area contributed by atoms with E-state index in [4.69, 9.17) is 21.1 Å². The van der Waals surface area contributed by atoms with Gasteiger partial charge in [-0.1, -0.05) is 48.0 Å². The van der Waals surface area contributed by atoms with E-state index in [1.165, 1.54) is 7.05 Å². The Labute approximate surface area is 127 Å². The molecule has 2 aromatic carbocycles. The molecular weight excluding hydrogens is 290 g/mol. The molecule has 0 saturated carbocycles. The van der Waals surface area contributed by atoms with Gasteiger partial charge in [0.25, 0.3) is 0 Å². The summed E-state index contributed by atoms with van der Waals surface area (Å²) in [6, 6.07) is 13.4. The maximum absolute atomic E-state index is 11.3. The first-order valence-electron chi connectivity index (χ1n) is 6.61. The molecule has 0 saturated heterocycles. The van der Waals surface area contributed by atoms with Crippen LogP contribution in [0.25, 0.3) is 11.1 Å². The van der Waals surface area contributed by atoms with Gasteiger partial charge in [0.2, 0.25) is 6.29 Å². The Balaban J connectivity index is 1.93. The van der Waals surface area contributed by atoms with Crippen molar-refractivity contribution in [2.24, 2.45) is 0 Å². The van der Waals surface area contributed by atoms with E-state index in [2.05, 4.69) is 5.32 Å². The summed E-state index contributed by atoms with van der Waals surface area (Å²) in [5, 5.41) is 3.07. The molecule has 1 unspecified atom stereocenters. The standard InChI is InChI=1S/C16H14ClNO3/c1-18-16(19)21-14-9-10-5-4-7-12(15(10)20-14)11-6-2-3-8-13(11)17/h2-8,14H,9H2,1H3,(H,18,19). The second-order valence-corrected chi connectivity index (χ2v) is 5.09. The number of para-hydroxylation sites is 1. The summed E-state index contributed by atoms with van der Waals surface area (Å²) >= 11 is 6.25. The summed E-state index contributed by atoms with van der Waals surface area (Å²) in [6.07, 6.45) is -0.586. The van der Waals surface area contributed by atoms with Gasteiger partial charge in [0.05, 0.1) is 6.42 Å². The third-order valence-electron chi connectivity index (χ3n) is 3.34. The summed E-state index contributed by atoms with van der Waals surface area (Å²) in [4.78, 5) is 11.3. The molecule has 1 aliphatic rings. The summed E-state index contributed by atoms with van der Waals surface area (Å²) < 4.78 is 10.9. The number of alkyl carbamates (subject to hydrolysis) is 1. The number of benzene rings is 2. The van der Waals surface area contributed by atoms with Crippen LogP contribution in [-0.2, 0) is 11.2 Å². The van der Waals surface area contributed by atoms with Crippen LogP contribution in [0.15, 0.2) is 42.5 Å². The maximum atomic E-state index is 11.3. The molecule has 5 heteroatoms. The minimum Gasteiger partial charge on any atom is -0.453 e. The Morgan fingerprint density at radius 2 is 2.00 bits per heavy atom. The van der Waals surface area contributed by atoms with E-state index in [9.17, 15) is 4.79 Å². The predicted molar refractivity (Wildman–Crippen MR) is 80.5 cm³/mol. The first-order chi connectivity index (χ1) is 10.2. The van der Waals surface area contributed by atoms with Gasteiger partial charge in [-0.3, -0.25) is 0 Å². The van der Waals surface area contributed by atoms with Crippen molar-refractivity contribution in [2.75, 3.05) is 7.05 Å². The van der Waals surface area contributed by atoms with E-state index in [1.807, 2.05) is 42.5 Å². The molecule has 21 heavy (non-hydrogen) atoms. The highest BCUT2D eigenvalue weighted by molar-refractivity contribution is 6.33. The van der Waals surface area contributed by atoms with Gasteiger partial charge in [-0.2, -0.15) is 0 Å². The molecule has 0 bridgehead atoms. The topological polar surface area (TPSA) is 47.6 Å². The number of hydrogen-bond donors (Lipinski definition) is 1. The fourth-order valence-corrected chi connectivity index (χ4v) is 2.61. The Bertz CT molecular complexity index is 687. The van der Waals surface area contributed by atoms with Crippen LogP contribution < -0.4 is 10.1 Å². The maximum Gasteiger partial charge on any atom is 0.409 e. The van der Waals surface area contributed by atoms with E-state index in [0.717, 1.165) is 22.4 Å². The molecule has 3 rings (SSSR count). The fraction of sp³-hybridized carbons (Fsp3) is 0.188. The highest BCUT2D eigenvalue weighted by atomic mass is 35.5. The van der Waals surface area contributed by atoms with E-state index >= 15 is 0 Å². The molecule has 0 aliphatic carbocycles. The van der Waals surface area contributed by atoms with Crippen LogP contribution >= 0.6 is 11.6 Å². The molecule has 2 aromatic rings. The fourth-order valence-electron chi connectivity index (χ4n) is 2.37. The average Bonchev–Trinajstić information content (AvgIpc) is 2.90. The van der Waals surface area contributed by atoms with Crippen molar-refractivity contribution in [2.45, 2.75) is 12.7 Å². The van der Waals surface area contributed by atoms with Gasteiger partial charge in [0.1, 0.15) is 5.75 Å². The quantitative estimate of drug-likeness (QED) is 0.921. The van der Waals surface area contributed by atoms with Crippen LogP contribution in [-0.4, -0.2) is 19.4 Å². The summed E-state index contributed by atoms with van der Waals surface area (Å²) in [5.41, 5.74) is 2.80. The smallest absolute Gasteiger partial charge is 0.409 e. The van der Waals surface area contributed by atoms with Crippen molar-refractivity contribution in [3.63, 3.8) is 0 Å². The number of carbonyl (C=O) groups is 1. The minimum atomic E-state index is -0.608. The number of nitrogens with one attached hydrogen (secondary N) is 1. The second-order valence-electron chi connectivity index (χ2n) is 4.68. The summed E-state index contributed by atoms with van der Waals surface area (Å²) in [5.74, 6) is 0.722. The van der Waals surface area contributed by atoms with Gasteiger partial charge >= 0.3 is 6.09 Å². The molecule has 108 valence electrons. The van der Waals surface area contributed by atoms with Crippen molar-refractivity contribution in [1.29, 1.82) is 0 Å². The Hall–Kier alpha value is -2.20. The monoisotopic (exact) mass is 303 g/mol. The number of ether oxygens (including phenoxy) is 2. The lowest BCUT2D eigenvalue weighted by Crippen LogP contribution is -2.28. The highest BCUT2D eigenvalue weighted by Crippen LogP contribution is 2.41. The van der Waals surface area contributed by atoms with Crippen molar-refractivity contribution < 1.29 is 14.3 Å². The molecule has 0 fully saturated rings. The molecule has 1 aliphatic heterocycles. The summed E-state index contributed by atoms with van der Waals surface area (Å²) in [7, 11) is 1.51. The lowest BCUT2D eigenvalue weighted by atomic mass is 10.0. The zero-order valence-electron chi connectivity index (χ0n) is 11.4. The van der Waals surface area contributed by atoms with Gasteiger partial charge in [-0.15, -0.1) is 0 Å². The van der Waals surface area contributed by atoms with Gasteiger partial charge in [-0.25, -0.2) is 4.79 Å². The zero-order chi connectivity index (χ0) is 14.8. The third kappa shape index (κ3) is 2.67. The van der Waals surface area contributed by atoms with Crippen LogP contribution in [0.1, 0.15) is 5.56 Å². The van der Waals surface area contributed by atoms with Crippen LogP contribution in [0, 0.1) is 0 Å². The number of rotatable bonds is 2. The molecule has 0 radical (unpaired) electrons. The molecule has 4 nitrogen and oxygen atoms in total. The van der Waals surface area contributed by atoms with Crippen molar-refractivity contribution >= 4 is 17.7 Å². The summed E-state index contributed by atoms with van der Waals surface area (Å²) in [6.45, 7) is 0. The number of fused-ring (bicyclic) bond motifs is 1. The van der Waals surface area contributed by atoms with Gasteiger partial charge in [-0.05, 0) is 6.07 Å². The van der Waals surface area contributed by atoms with Crippen molar-refractivity contribution in [1.82, 2.24) is 5.32 Å². The van der Waals surface area contributed by atoms with E-state index in [-0.39, 0.29) is 0 Å². The van der Waals surface area contributed by atoms with Crippen LogP contribution in [0.2, 0.25) is 5.02 Å². The first-order valence-corrected chi connectivity index (χ1v) is 6.98. The van der Waals surface area contributed by atoms with Gasteiger partial charge < -0.3 is 14.8 Å². The molecule has 1 atom stereocenters. The van der Waals surface area contributed by atoms with E-state index < -0.39 is 12.4 Å². The molecule has 0 spiro atoms. The third-order valence-corrected chi connectivity index (χ3v) is 3.67. The first kappa shape index (κ1) is 13.8. The normalized spacial score (nSPS) is 16.0. The highest BCUT2D eigenvalue weighted by Gasteiger charge is 2.28. The number of hydrogen-bond acceptors (Lipinski definition) is 3. The molecule has 1 heterocycles. The predicted octanol–water partition coefficient (Wildman–Crippen LogP) is 3.62. The number of halogens is 1. The largest absolute Gasteiger partial charge is 0.453 e. The Morgan fingerprint density at radius 1 is 1.24 bits per heavy atom. The second kappa shape index (κ2) is 5.66. The van der Waals surface area contributed by atoms with E-state index in [1.54, 1.807) is 0 Å². The molecule has 1 N–H and O–H groups in total. The van der Waals surface area contributed by atoms with E-state index in [0.29, 0.717) is 11.4 Å². The Morgan fingerprint density at radius 3 is 2.76 bits per heavy atom. The van der Waals surface area contributed by atoms with Crippen LogP contribution in [0.5, 0.6) is 5.75 Å².